The highest BCUT2D eigenvalue weighted by Crippen LogP contribution is 2.24. The molecule has 0 aliphatic rings. The van der Waals surface area contributed by atoms with Crippen molar-refractivity contribution < 1.29 is 9.53 Å². The molecule has 102 valence electrons. The molecule has 0 aliphatic heterocycles. The van der Waals surface area contributed by atoms with E-state index in [2.05, 4.69) is 11.2 Å². The second kappa shape index (κ2) is 5.99. The summed E-state index contributed by atoms with van der Waals surface area (Å²) in [7, 11) is 0. The quantitative estimate of drug-likeness (QED) is 0.834. The van der Waals surface area contributed by atoms with Gasteiger partial charge in [-0.1, -0.05) is 23.6 Å². The SMILES string of the molecule is C#Cc1ccc(C(C)NC(=O)OC(C)(C)C)c(Cl)c1. The van der Waals surface area contributed by atoms with E-state index in [1.807, 2.05) is 27.7 Å². The van der Waals surface area contributed by atoms with E-state index in [0.29, 0.717) is 10.6 Å². The molecule has 3 nitrogen and oxygen atoms in total. The van der Waals surface area contributed by atoms with Crippen molar-refractivity contribution >= 4 is 17.7 Å². The van der Waals surface area contributed by atoms with Gasteiger partial charge in [0.15, 0.2) is 0 Å². The van der Waals surface area contributed by atoms with Gasteiger partial charge in [0.05, 0.1) is 6.04 Å². The molecule has 0 aromatic heterocycles. The van der Waals surface area contributed by atoms with Gasteiger partial charge in [0.1, 0.15) is 5.60 Å². The van der Waals surface area contributed by atoms with E-state index in [9.17, 15) is 4.79 Å². The lowest BCUT2D eigenvalue weighted by Crippen LogP contribution is -2.34. The average Bonchev–Trinajstić information content (AvgIpc) is 2.25. The molecule has 0 saturated heterocycles. The smallest absolute Gasteiger partial charge is 0.408 e. The van der Waals surface area contributed by atoms with Crippen LogP contribution in [0.2, 0.25) is 5.02 Å². The lowest BCUT2D eigenvalue weighted by Gasteiger charge is -2.22. The highest BCUT2D eigenvalue weighted by atomic mass is 35.5. The molecule has 19 heavy (non-hydrogen) atoms. The van der Waals surface area contributed by atoms with E-state index < -0.39 is 11.7 Å². The van der Waals surface area contributed by atoms with Crippen molar-refractivity contribution in [3.05, 3.63) is 34.3 Å². The minimum atomic E-state index is -0.527. The number of hydrogen-bond acceptors (Lipinski definition) is 2. The summed E-state index contributed by atoms with van der Waals surface area (Å²) in [5.41, 5.74) is 0.978. The van der Waals surface area contributed by atoms with Crippen molar-refractivity contribution in [1.82, 2.24) is 5.32 Å². The first-order valence-corrected chi connectivity index (χ1v) is 6.36. The van der Waals surface area contributed by atoms with Crippen LogP contribution < -0.4 is 5.32 Å². The predicted molar refractivity (Wildman–Crippen MR) is 77.2 cm³/mol. The van der Waals surface area contributed by atoms with Crippen LogP contribution in [0.4, 0.5) is 4.79 Å². The van der Waals surface area contributed by atoms with Crippen LogP contribution in [-0.4, -0.2) is 11.7 Å². The van der Waals surface area contributed by atoms with Crippen molar-refractivity contribution in [3.8, 4) is 12.3 Å². The molecule has 0 heterocycles. The maximum Gasteiger partial charge on any atom is 0.408 e. The number of nitrogens with one attached hydrogen (secondary N) is 1. The first-order valence-electron chi connectivity index (χ1n) is 5.98. The second-order valence-electron chi connectivity index (χ2n) is 5.25. The minimum Gasteiger partial charge on any atom is -0.444 e. The van der Waals surface area contributed by atoms with Crippen LogP contribution in [0.25, 0.3) is 0 Å². The summed E-state index contributed by atoms with van der Waals surface area (Å²) in [5, 5.41) is 3.26. The van der Waals surface area contributed by atoms with Gasteiger partial charge >= 0.3 is 6.09 Å². The highest BCUT2D eigenvalue weighted by molar-refractivity contribution is 6.31. The van der Waals surface area contributed by atoms with Gasteiger partial charge in [0.2, 0.25) is 0 Å². The number of ether oxygens (including phenoxy) is 1. The topological polar surface area (TPSA) is 38.3 Å². The van der Waals surface area contributed by atoms with Gasteiger partial charge < -0.3 is 10.1 Å². The van der Waals surface area contributed by atoms with Crippen LogP contribution in [0.15, 0.2) is 18.2 Å². The first-order chi connectivity index (χ1) is 8.73. The van der Waals surface area contributed by atoms with E-state index in [-0.39, 0.29) is 6.04 Å². The molecular formula is C15H18ClNO2. The fourth-order valence-corrected chi connectivity index (χ4v) is 1.87. The molecule has 1 N–H and O–H groups in total. The number of alkyl carbamates (subject to hydrolysis) is 1. The summed E-state index contributed by atoms with van der Waals surface area (Å²) in [6.07, 6.45) is 4.82. The molecule has 4 heteroatoms. The highest BCUT2D eigenvalue weighted by Gasteiger charge is 2.19. The largest absolute Gasteiger partial charge is 0.444 e. The van der Waals surface area contributed by atoms with Gasteiger partial charge in [0, 0.05) is 10.6 Å². The molecule has 0 aliphatic carbocycles. The Morgan fingerprint density at radius 2 is 2.11 bits per heavy atom. The summed E-state index contributed by atoms with van der Waals surface area (Å²) >= 11 is 6.13. The maximum absolute atomic E-state index is 11.7. The second-order valence-corrected chi connectivity index (χ2v) is 5.66. The zero-order valence-electron chi connectivity index (χ0n) is 11.6. The number of carbonyl (C=O) groups excluding carboxylic acids is 1. The number of halogens is 1. The Morgan fingerprint density at radius 1 is 1.47 bits per heavy atom. The number of carbonyl (C=O) groups is 1. The third-order valence-corrected chi connectivity index (χ3v) is 2.69. The Balaban J connectivity index is 2.76. The summed E-state index contributed by atoms with van der Waals surface area (Å²) in [6.45, 7) is 7.27. The Labute approximate surface area is 119 Å². The third kappa shape index (κ3) is 4.84. The fraction of sp³-hybridized carbons (Fsp3) is 0.400. The molecule has 0 saturated carbocycles. The molecule has 1 amide bonds. The van der Waals surface area contributed by atoms with Gasteiger partial charge in [-0.25, -0.2) is 4.79 Å². The minimum absolute atomic E-state index is 0.255. The number of terminal acetylenes is 1. The molecule has 0 fully saturated rings. The van der Waals surface area contributed by atoms with Crippen molar-refractivity contribution in [2.24, 2.45) is 0 Å². The van der Waals surface area contributed by atoms with Crippen LogP contribution in [0, 0.1) is 12.3 Å². The summed E-state index contributed by atoms with van der Waals surface area (Å²) in [5.74, 6) is 2.51. The van der Waals surface area contributed by atoms with E-state index >= 15 is 0 Å². The number of hydrogen-bond donors (Lipinski definition) is 1. The van der Waals surface area contributed by atoms with Crippen LogP contribution in [0.1, 0.15) is 44.9 Å². The average molecular weight is 280 g/mol. The Hall–Kier alpha value is -1.66. The van der Waals surface area contributed by atoms with Crippen LogP contribution in [0.3, 0.4) is 0 Å². The van der Waals surface area contributed by atoms with Crippen molar-refractivity contribution in [1.29, 1.82) is 0 Å². The van der Waals surface area contributed by atoms with E-state index in [0.717, 1.165) is 5.56 Å². The van der Waals surface area contributed by atoms with Gasteiger partial charge in [-0.05, 0) is 45.4 Å². The van der Waals surface area contributed by atoms with Gasteiger partial charge in [0.25, 0.3) is 0 Å². The van der Waals surface area contributed by atoms with Crippen LogP contribution >= 0.6 is 11.6 Å². The van der Waals surface area contributed by atoms with Crippen LogP contribution in [-0.2, 0) is 4.74 Å². The predicted octanol–water partition coefficient (Wildman–Crippen LogP) is 3.91. The lowest BCUT2D eigenvalue weighted by atomic mass is 10.1. The maximum atomic E-state index is 11.7. The number of amides is 1. The Morgan fingerprint density at radius 3 is 2.58 bits per heavy atom. The van der Waals surface area contributed by atoms with Crippen molar-refractivity contribution in [3.63, 3.8) is 0 Å². The zero-order valence-corrected chi connectivity index (χ0v) is 12.3. The summed E-state index contributed by atoms with van der Waals surface area (Å²) in [6, 6.07) is 5.03. The molecule has 1 atom stereocenters. The van der Waals surface area contributed by atoms with E-state index in [4.69, 9.17) is 22.8 Å². The Bertz CT molecular complexity index is 512. The van der Waals surface area contributed by atoms with Crippen molar-refractivity contribution in [2.45, 2.75) is 39.3 Å². The summed E-state index contributed by atoms with van der Waals surface area (Å²) in [4.78, 5) is 11.7. The molecule has 1 rings (SSSR count). The van der Waals surface area contributed by atoms with E-state index in [1.165, 1.54) is 0 Å². The molecule has 1 aromatic carbocycles. The molecule has 0 bridgehead atoms. The first kappa shape index (κ1) is 15.4. The normalized spacial score (nSPS) is 12.4. The van der Waals surface area contributed by atoms with Gasteiger partial charge in [-0.3, -0.25) is 0 Å². The summed E-state index contributed by atoms with van der Waals surface area (Å²) < 4.78 is 5.19. The fourth-order valence-electron chi connectivity index (χ4n) is 1.53. The molecular weight excluding hydrogens is 262 g/mol. The standard InChI is InChI=1S/C15H18ClNO2/c1-6-11-7-8-12(13(16)9-11)10(2)17-14(18)19-15(3,4)5/h1,7-10H,2-5H3,(H,17,18). The van der Waals surface area contributed by atoms with Gasteiger partial charge in [-0.2, -0.15) is 0 Å². The number of rotatable bonds is 2. The monoisotopic (exact) mass is 279 g/mol. The Kier molecular flexibility index (Phi) is 4.85. The van der Waals surface area contributed by atoms with Gasteiger partial charge in [-0.15, -0.1) is 6.42 Å². The third-order valence-electron chi connectivity index (χ3n) is 2.37. The zero-order chi connectivity index (χ0) is 14.6. The van der Waals surface area contributed by atoms with Crippen molar-refractivity contribution in [2.75, 3.05) is 0 Å². The number of benzene rings is 1. The van der Waals surface area contributed by atoms with E-state index in [1.54, 1.807) is 18.2 Å². The molecule has 0 spiro atoms. The lowest BCUT2D eigenvalue weighted by molar-refractivity contribution is 0.0508. The molecule has 1 unspecified atom stereocenters. The van der Waals surface area contributed by atoms with Crippen LogP contribution in [0.5, 0.6) is 0 Å². The molecule has 1 aromatic rings. The molecule has 0 radical (unpaired) electrons.